The molecule has 0 aliphatic carbocycles. The molecule has 0 bridgehead atoms. The highest BCUT2D eigenvalue weighted by molar-refractivity contribution is 5.92. The van der Waals surface area contributed by atoms with Gasteiger partial charge in [-0.25, -0.2) is 9.97 Å². The maximum atomic E-state index is 12.7. The molecule has 7 heteroatoms. The number of imidazole rings is 2. The van der Waals surface area contributed by atoms with Gasteiger partial charge in [-0.05, 0) is 30.7 Å². The summed E-state index contributed by atoms with van der Waals surface area (Å²) in [6, 6.07) is 7.78. The Morgan fingerprint density at radius 2 is 2.08 bits per heavy atom. The van der Waals surface area contributed by atoms with Gasteiger partial charge in [-0.15, -0.1) is 0 Å². The summed E-state index contributed by atoms with van der Waals surface area (Å²) in [7, 11) is 1.65. The van der Waals surface area contributed by atoms with E-state index in [2.05, 4.69) is 9.55 Å². The van der Waals surface area contributed by atoms with Gasteiger partial charge in [-0.3, -0.25) is 9.69 Å². The van der Waals surface area contributed by atoms with Gasteiger partial charge in [-0.2, -0.15) is 0 Å². The van der Waals surface area contributed by atoms with Crippen molar-refractivity contribution in [1.82, 2.24) is 19.1 Å². The lowest BCUT2D eigenvalue weighted by molar-refractivity contribution is -0.119. The SMILES string of the molecule is COc1ccc(-c2cn3c(n2)N(C(=O)Cn2ccnc2)CCC3)cc1. The highest BCUT2D eigenvalue weighted by atomic mass is 16.5. The molecule has 0 unspecified atom stereocenters. The van der Waals surface area contributed by atoms with E-state index < -0.39 is 0 Å². The van der Waals surface area contributed by atoms with E-state index in [9.17, 15) is 4.79 Å². The topological polar surface area (TPSA) is 65.2 Å². The van der Waals surface area contributed by atoms with E-state index >= 15 is 0 Å². The number of aromatic nitrogens is 4. The molecule has 128 valence electrons. The average molecular weight is 337 g/mol. The summed E-state index contributed by atoms with van der Waals surface area (Å²) in [5, 5.41) is 0. The van der Waals surface area contributed by atoms with Gasteiger partial charge >= 0.3 is 0 Å². The van der Waals surface area contributed by atoms with Crippen LogP contribution in [0.3, 0.4) is 0 Å². The molecule has 7 nitrogen and oxygen atoms in total. The fourth-order valence-corrected chi connectivity index (χ4v) is 3.04. The molecule has 0 atom stereocenters. The van der Waals surface area contributed by atoms with E-state index in [1.54, 1.807) is 35.3 Å². The molecule has 1 amide bonds. The van der Waals surface area contributed by atoms with Crippen LogP contribution in [-0.4, -0.2) is 38.7 Å². The minimum absolute atomic E-state index is 0.0193. The zero-order valence-corrected chi connectivity index (χ0v) is 14.0. The number of benzene rings is 1. The Labute approximate surface area is 145 Å². The standard InChI is InChI=1S/C18H19N5O2/c1-25-15-5-3-14(4-6-15)16-11-22-8-2-9-23(18(22)20-16)17(24)12-21-10-7-19-13-21/h3-7,10-11,13H,2,8-9,12H2,1H3. The van der Waals surface area contributed by atoms with Gasteiger partial charge in [0.1, 0.15) is 12.3 Å². The number of aryl methyl sites for hydroxylation is 1. The van der Waals surface area contributed by atoms with Crippen molar-refractivity contribution >= 4 is 11.9 Å². The van der Waals surface area contributed by atoms with Crippen molar-refractivity contribution in [1.29, 1.82) is 0 Å². The van der Waals surface area contributed by atoms with Crippen molar-refractivity contribution < 1.29 is 9.53 Å². The third kappa shape index (κ3) is 3.00. The Morgan fingerprint density at radius 3 is 2.80 bits per heavy atom. The summed E-state index contributed by atoms with van der Waals surface area (Å²) >= 11 is 0. The second-order valence-electron chi connectivity index (χ2n) is 5.98. The molecule has 1 aliphatic heterocycles. The summed E-state index contributed by atoms with van der Waals surface area (Å²) in [6.07, 6.45) is 8.04. The van der Waals surface area contributed by atoms with Crippen molar-refractivity contribution in [3.05, 3.63) is 49.2 Å². The highest BCUT2D eigenvalue weighted by Crippen LogP contribution is 2.27. The first-order valence-corrected chi connectivity index (χ1v) is 8.22. The van der Waals surface area contributed by atoms with E-state index in [0.717, 1.165) is 30.0 Å². The summed E-state index contributed by atoms with van der Waals surface area (Å²) < 4.78 is 9.02. The summed E-state index contributed by atoms with van der Waals surface area (Å²) in [5.41, 5.74) is 1.87. The molecule has 1 aliphatic rings. The van der Waals surface area contributed by atoms with Crippen LogP contribution in [0.5, 0.6) is 5.75 Å². The van der Waals surface area contributed by atoms with Crippen LogP contribution in [0.15, 0.2) is 49.2 Å². The molecule has 0 radical (unpaired) electrons. The Kier molecular flexibility index (Phi) is 3.97. The summed E-state index contributed by atoms with van der Waals surface area (Å²) in [4.78, 5) is 23.1. The van der Waals surface area contributed by atoms with Gasteiger partial charge in [0.2, 0.25) is 11.9 Å². The molecule has 3 aromatic rings. The Balaban J connectivity index is 1.60. The average Bonchev–Trinajstić information content (AvgIpc) is 3.30. The highest BCUT2D eigenvalue weighted by Gasteiger charge is 2.25. The van der Waals surface area contributed by atoms with Crippen molar-refractivity contribution in [3.8, 4) is 17.0 Å². The number of carbonyl (C=O) groups excluding carboxylic acids is 1. The Hall–Kier alpha value is -3.09. The van der Waals surface area contributed by atoms with Crippen LogP contribution in [0.25, 0.3) is 11.3 Å². The Morgan fingerprint density at radius 1 is 1.24 bits per heavy atom. The van der Waals surface area contributed by atoms with E-state index in [1.165, 1.54) is 0 Å². The smallest absolute Gasteiger partial charge is 0.249 e. The first kappa shape index (κ1) is 15.4. The zero-order chi connectivity index (χ0) is 17.2. The lowest BCUT2D eigenvalue weighted by Crippen LogP contribution is -2.39. The maximum Gasteiger partial charge on any atom is 0.249 e. The van der Waals surface area contributed by atoms with E-state index in [0.29, 0.717) is 12.5 Å². The molecule has 25 heavy (non-hydrogen) atoms. The lowest BCUT2D eigenvalue weighted by atomic mass is 10.2. The number of hydrogen-bond acceptors (Lipinski definition) is 4. The summed E-state index contributed by atoms with van der Waals surface area (Å²) in [5.74, 6) is 1.54. The minimum Gasteiger partial charge on any atom is -0.497 e. The number of hydrogen-bond donors (Lipinski definition) is 0. The maximum absolute atomic E-state index is 12.7. The van der Waals surface area contributed by atoms with Crippen molar-refractivity contribution in [2.45, 2.75) is 19.5 Å². The van der Waals surface area contributed by atoms with Crippen LogP contribution in [0.1, 0.15) is 6.42 Å². The molecule has 4 rings (SSSR count). The molecule has 0 saturated heterocycles. The van der Waals surface area contributed by atoms with E-state index in [4.69, 9.17) is 9.72 Å². The molecule has 1 aromatic carbocycles. The fraction of sp³-hybridized carbons (Fsp3) is 0.278. The van der Waals surface area contributed by atoms with Crippen LogP contribution in [0, 0.1) is 0 Å². The van der Waals surface area contributed by atoms with Crippen molar-refractivity contribution in [2.75, 3.05) is 18.6 Å². The van der Waals surface area contributed by atoms with E-state index in [-0.39, 0.29) is 12.5 Å². The third-order valence-corrected chi connectivity index (χ3v) is 4.34. The zero-order valence-electron chi connectivity index (χ0n) is 14.0. The first-order chi connectivity index (χ1) is 12.2. The molecule has 3 heterocycles. The second kappa shape index (κ2) is 6.43. The number of anilines is 1. The predicted molar refractivity (Wildman–Crippen MR) is 93.4 cm³/mol. The predicted octanol–water partition coefficient (Wildman–Crippen LogP) is 2.19. The number of amides is 1. The number of methoxy groups -OCH3 is 1. The largest absolute Gasteiger partial charge is 0.497 e. The van der Waals surface area contributed by atoms with Crippen LogP contribution in [0.2, 0.25) is 0 Å². The van der Waals surface area contributed by atoms with Crippen molar-refractivity contribution in [2.24, 2.45) is 0 Å². The van der Waals surface area contributed by atoms with Crippen LogP contribution < -0.4 is 9.64 Å². The number of carbonyl (C=O) groups is 1. The minimum atomic E-state index is 0.0193. The van der Waals surface area contributed by atoms with Gasteiger partial charge < -0.3 is 13.9 Å². The van der Waals surface area contributed by atoms with E-state index in [1.807, 2.05) is 30.5 Å². The van der Waals surface area contributed by atoms with Gasteiger partial charge in [0, 0.05) is 37.2 Å². The molecule has 2 aromatic heterocycles. The quantitative estimate of drug-likeness (QED) is 0.732. The number of ether oxygens (including phenoxy) is 1. The number of rotatable bonds is 4. The van der Waals surface area contributed by atoms with Gasteiger partial charge in [0.05, 0.1) is 19.1 Å². The van der Waals surface area contributed by atoms with Gasteiger partial charge in [0.25, 0.3) is 0 Å². The summed E-state index contributed by atoms with van der Waals surface area (Å²) in [6.45, 7) is 1.82. The Bertz CT molecular complexity index is 868. The lowest BCUT2D eigenvalue weighted by Gasteiger charge is -2.27. The fourth-order valence-electron chi connectivity index (χ4n) is 3.04. The monoisotopic (exact) mass is 337 g/mol. The van der Waals surface area contributed by atoms with Crippen LogP contribution in [-0.2, 0) is 17.9 Å². The first-order valence-electron chi connectivity index (χ1n) is 8.22. The molecule has 0 saturated carbocycles. The third-order valence-electron chi connectivity index (χ3n) is 4.34. The molecule has 0 N–H and O–H groups in total. The molecule has 0 spiro atoms. The number of nitrogens with zero attached hydrogens (tertiary/aromatic N) is 5. The van der Waals surface area contributed by atoms with Crippen molar-refractivity contribution in [3.63, 3.8) is 0 Å². The van der Waals surface area contributed by atoms with Gasteiger partial charge in [-0.1, -0.05) is 0 Å². The molecular formula is C18H19N5O2. The normalized spacial score (nSPS) is 13.6. The van der Waals surface area contributed by atoms with Gasteiger partial charge in [0.15, 0.2) is 0 Å². The molecular weight excluding hydrogens is 318 g/mol. The van der Waals surface area contributed by atoms with Crippen LogP contribution in [0.4, 0.5) is 5.95 Å². The molecule has 0 fully saturated rings. The number of fused-ring (bicyclic) bond motifs is 1. The second-order valence-corrected chi connectivity index (χ2v) is 5.98. The van der Waals surface area contributed by atoms with Crippen LogP contribution >= 0.6 is 0 Å².